The molecule has 2 saturated heterocycles. The van der Waals surface area contributed by atoms with Crippen LogP contribution in [0.15, 0.2) is 24.3 Å². The number of likely N-dealkylation sites (tertiary alicyclic amines) is 2. The van der Waals surface area contributed by atoms with E-state index in [0.29, 0.717) is 38.2 Å². The normalized spacial score (nSPS) is 27.4. The highest BCUT2D eigenvalue weighted by Crippen LogP contribution is 2.30. The summed E-state index contributed by atoms with van der Waals surface area (Å²) in [6.45, 7) is 3.65. The smallest absolute Gasteiger partial charge is 0.253 e. The van der Waals surface area contributed by atoms with Crippen LogP contribution in [0.5, 0.6) is 0 Å². The molecular formula is C18H24F2N2O2. The number of hydrogen-bond donors (Lipinski definition) is 1. The Morgan fingerprint density at radius 3 is 2.38 bits per heavy atom. The third kappa shape index (κ3) is 3.92. The van der Waals surface area contributed by atoms with E-state index in [1.807, 2.05) is 24.0 Å². The molecule has 0 aromatic heterocycles. The summed E-state index contributed by atoms with van der Waals surface area (Å²) in [7, 11) is 0. The van der Waals surface area contributed by atoms with E-state index in [1.54, 1.807) is 17.0 Å². The largest absolute Gasteiger partial charge is 0.387 e. The fourth-order valence-corrected chi connectivity index (χ4v) is 3.49. The number of benzene rings is 1. The van der Waals surface area contributed by atoms with E-state index in [9.17, 15) is 18.7 Å². The molecular weight excluding hydrogens is 314 g/mol. The van der Waals surface area contributed by atoms with E-state index < -0.39 is 11.5 Å². The molecule has 1 aromatic carbocycles. The highest BCUT2D eigenvalue weighted by atomic mass is 19.3. The van der Waals surface area contributed by atoms with Crippen LogP contribution < -0.4 is 0 Å². The van der Waals surface area contributed by atoms with Gasteiger partial charge in [0.25, 0.3) is 11.8 Å². The number of carbonyl (C=O) groups is 1. The average Bonchev–Trinajstić information content (AvgIpc) is 2.92. The van der Waals surface area contributed by atoms with Gasteiger partial charge in [-0.2, -0.15) is 0 Å². The van der Waals surface area contributed by atoms with Gasteiger partial charge in [-0.15, -0.1) is 0 Å². The summed E-state index contributed by atoms with van der Waals surface area (Å²) in [5, 5.41) is 10.8. The van der Waals surface area contributed by atoms with Gasteiger partial charge in [0.15, 0.2) is 0 Å². The van der Waals surface area contributed by atoms with Crippen molar-refractivity contribution in [3.63, 3.8) is 0 Å². The predicted octanol–water partition coefficient (Wildman–Crippen LogP) is 2.30. The number of piperidine rings is 1. The van der Waals surface area contributed by atoms with E-state index in [0.717, 1.165) is 5.56 Å². The number of halogens is 2. The topological polar surface area (TPSA) is 43.8 Å². The first-order valence-electron chi connectivity index (χ1n) is 8.45. The lowest BCUT2D eigenvalue weighted by molar-refractivity contribution is -0.0720. The van der Waals surface area contributed by atoms with Crippen LogP contribution in [0.2, 0.25) is 0 Å². The molecule has 132 valence electrons. The molecule has 4 nitrogen and oxygen atoms in total. The molecule has 0 spiro atoms. The van der Waals surface area contributed by atoms with Crippen molar-refractivity contribution in [3.8, 4) is 0 Å². The van der Waals surface area contributed by atoms with Crippen molar-refractivity contribution >= 4 is 5.91 Å². The Hall–Kier alpha value is -1.53. The van der Waals surface area contributed by atoms with Crippen LogP contribution >= 0.6 is 0 Å². The molecule has 2 fully saturated rings. The van der Waals surface area contributed by atoms with Crippen molar-refractivity contribution in [2.24, 2.45) is 0 Å². The quantitative estimate of drug-likeness (QED) is 0.920. The molecule has 1 aromatic rings. The molecule has 1 amide bonds. The van der Waals surface area contributed by atoms with Crippen LogP contribution in [0.25, 0.3) is 0 Å². The Morgan fingerprint density at radius 2 is 1.75 bits per heavy atom. The third-order valence-electron chi connectivity index (χ3n) is 5.02. The molecule has 2 heterocycles. The van der Waals surface area contributed by atoms with Crippen molar-refractivity contribution < 1.29 is 18.7 Å². The molecule has 24 heavy (non-hydrogen) atoms. The van der Waals surface area contributed by atoms with Gasteiger partial charge in [0.05, 0.1) is 12.1 Å². The highest BCUT2D eigenvalue weighted by molar-refractivity contribution is 5.94. The van der Waals surface area contributed by atoms with Gasteiger partial charge in [-0.05, 0) is 25.5 Å². The second-order valence-electron chi connectivity index (χ2n) is 7.20. The van der Waals surface area contributed by atoms with E-state index in [1.165, 1.54) is 0 Å². The van der Waals surface area contributed by atoms with Gasteiger partial charge < -0.3 is 10.0 Å². The monoisotopic (exact) mass is 338 g/mol. The highest BCUT2D eigenvalue weighted by Gasteiger charge is 2.42. The average molecular weight is 338 g/mol. The maximum absolute atomic E-state index is 13.2. The summed E-state index contributed by atoms with van der Waals surface area (Å²) in [4.78, 5) is 16.1. The van der Waals surface area contributed by atoms with Gasteiger partial charge >= 0.3 is 0 Å². The number of hydrogen-bond acceptors (Lipinski definition) is 3. The lowest BCUT2D eigenvalue weighted by atomic mass is 10.00. The minimum Gasteiger partial charge on any atom is -0.387 e. The van der Waals surface area contributed by atoms with Crippen molar-refractivity contribution in [2.75, 3.05) is 32.7 Å². The number of alkyl halides is 2. The first kappa shape index (κ1) is 17.3. The molecule has 0 aliphatic carbocycles. The number of rotatable bonds is 3. The van der Waals surface area contributed by atoms with Gasteiger partial charge in [0.2, 0.25) is 0 Å². The molecule has 0 radical (unpaired) electrons. The lowest BCUT2D eigenvalue weighted by Gasteiger charge is -2.36. The second kappa shape index (κ2) is 6.41. The number of nitrogens with zero attached hydrogens (tertiary/aromatic N) is 2. The molecule has 1 N–H and O–H groups in total. The zero-order valence-electron chi connectivity index (χ0n) is 14.0. The van der Waals surface area contributed by atoms with Crippen molar-refractivity contribution in [2.45, 2.75) is 37.7 Å². The lowest BCUT2D eigenvalue weighted by Crippen LogP contribution is -2.49. The molecule has 2 aliphatic heterocycles. The molecule has 6 heteroatoms. The van der Waals surface area contributed by atoms with Crippen molar-refractivity contribution in [1.29, 1.82) is 0 Å². The standard InChI is InChI=1S/C18H24F2N2O2/c1-14-2-4-15(5-3-14)16(23)22-11-6-17(24,13-22)12-21-9-7-18(19,20)8-10-21/h2-5,24H,6-13H2,1H3/t17-/m0/s1. The van der Waals surface area contributed by atoms with Gasteiger partial charge in [-0.25, -0.2) is 8.78 Å². The molecule has 0 unspecified atom stereocenters. The molecule has 0 bridgehead atoms. The Labute approximate surface area is 141 Å². The summed E-state index contributed by atoms with van der Waals surface area (Å²) in [5.74, 6) is -2.67. The first-order valence-corrected chi connectivity index (χ1v) is 8.45. The van der Waals surface area contributed by atoms with Gasteiger partial charge in [-0.3, -0.25) is 9.69 Å². The minimum absolute atomic E-state index is 0.0869. The molecule has 0 saturated carbocycles. The Kier molecular flexibility index (Phi) is 4.62. The summed E-state index contributed by atoms with van der Waals surface area (Å²) in [5.41, 5.74) is 0.696. The summed E-state index contributed by atoms with van der Waals surface area (Å²) < 4.78 is 26.5. The third-order valence-corrected chi connectivity index (χ3v) is 5.02. The number of amides is 1. The summed E-state index contributed by atoms with van der Waals surface area (Å²) in [6, 6.07) is 7.37. The van der Waals surface area contributed by atoms with Crippen LogP contribution in [0.3, 0.4) is 0 Å². The SMILES string of the molecule is Cc1ccc(C(=O)N2CC[C@](O)(CN3CCC(F)(F)CC3)C2)cc1. The number of carbonyl (C=O) groups excluding carboxylic acids is 1. The Morgan fingerprint density at radius 1 is 1.12 bits per heavy atom. The summed E-state index contributed by atoms with van der Waals surface area (Å²) >= 11 is 0. The van der Waals surface area contributed by atoms with Gasteiger partial charge in [0.1, 0.15) is 0 Å². The van der Waals surface area contributed by atoms with Crippen LogP contribution in [-0.4, -0.2) is 65.1 Å². The fourth-order valence-electron chi connectivity index (χ4n) is 3.49. The van der Waals surface area contributed by atoms with Crippen LogP contribution in [-0.2, 0) is 0 Å². The van der Waals surface area contributed by atoms with Gasteiger partial charge in [-0.1, -0.05) is 17.7 Å². The van der Waals surface area contributed by atoms with Gasteiger partial charge in [0, 0.05) is 44.6 Å². The zero-order valence-corrected chi connectivity index (χ0v) is 14.0. The number of β-amino-alcohol motifs (C(OH)–C–C–N with tert-alkyl or cyclic N) is 1. The van der Waals surface area contributed by atoms with Crippen LogP contribution in [0.1, 0.15) is 35.2 Å². The van der Waals surface area contributed by atoms with E-state index in [2.05, 4.69) is 0 Å². The Balaban J connectivity index is 1.57. The van der Waals surface area contributed by atoms with E-state index in [-0.39, 0.29) is 25.3 Å². The minimum atomic E-state index is -2.58. The number of aryl methyl sites for hydroxylation is 1. The summed E-state index contributed by atoms with van der Waals surface area (Å²) in [6.07, 6.45) is 0.168. The fraction of sp³-hybridized carbons (Fsp3) is 0.611. The van der Waals surface area contributed by atoms with E-state index >= 15 is 0 Å². The van der Waals surface area contributed by atoms with E-state index in [4.69, 9.17) is 0 Å². The molecule has 2 aliphatic rings. The van der Waals surface area contributed by atoms with Crippen molar-refractivity contribution in [3.05, 3.63) is 35.4 Å². The predicted molar refractivity (Wildman–Crippen MR) is 87.3 cm³/mol. The van der Waals surface area contributed by atoms with Crippen molar-refractivity contribution in [1.82, 2.24) is 9.80 Å². The zero-order chi connectivity index (χ0) is 17.4. The molecule has 1 atom stereocenters. The number of aliphatic hydroxyl groups is 1. The first-order chi connectivity index (χ1) is 11.3. The van der Waals surface area contributed by atoms with Crippen LogP contribution in [0.4, 0.5) is 8.78 Å². The maximum atomic E-state index is 13.2. The van der Waals surface area contributed by atoms with Crippen LogP contribution in [0, 0.1) is 6.92 Å². The molecule has 3 rings (SSSR count). The second-order valence-corrected chi connectivity index (χ2v) is 7.20. The Bertz CT molecular complexity index is 596. The maximum Gasteiger partial charge on any atom is 0.253 e.